The van der Waals surface area contributed by atoms with Crippen LogP contribution in [-0.2, 0) is 13.6 Å². The number of nitro groups is 1. The number of amides is 1. The van der Waals surface area contributed by atoms with E-state index in [2.05, 4.69) is 5.32 Å². The fourth-order valence-corrected chi connectivity index (χ4v) is 4.40. The summed E-state index contributed by atoms with van der Waals surface area (Å²) >= 11 is 0. The van der Waals surface area contributed by atoms with Crippen molar-refractivity contribution in [3.05, 3.63) is 75.8 Å². The van der Waals surface area contributed by atoms with Gasteiger partial charge < -0.3 is 14.4 Å². The van der Waals surface area contributed by atoms with E-state index in [1.165, 1.54) is 18.2 Å². The number of nitrogens with one attached hydrogen (secondary N) is 1. The van der Waals surface area contributed by atoms with Gasteiger partial charge in [-0.25, -0.2) is 0 Å². The first-order chi connectivity index (χ1) is 12.9. The zero-order chi connectivity index (χ0) is 19.9. The van der Waals surface area contributed by atoms with Gasteiger partial charge in [-0.05, 0) is 25.5 Å². The maximum Gasteiger partial charge on any atom is 0.357 e. The highest BCUT2D eigenvalue weighted by Crippen LogP contribution is 2.59. The Morgan fingerprint density at radius 1 is 1.11 bits per heavy atom. The van der Waals surface area contributed by atoms with Gasteiger partial charge in [0.15, 0.2) is 5.78 Å². The second-order valence-corrected chi connectivity index (χ2v) is 7.58. The maximum atomic E-state index is 13.3. The Bertz CT molecular complexity index is 833. The van der Waals surface area contributed by atoms with Gasteiger partial charge in [0.1, 0.15) is 0 Å². The molecule has 0 aliphatic rings. The molecule has 0 heterocycles. The summed E-state index contributed by atoms with van der Waals surface area (Å²) in [7, 11) is -3.72. The summed E-state index contributed by atoms with van der Waals surface area (Å²) in [6.45, 7) is 3.62. The molecule has 1 amide bonds. The summed E-state index contributed by atoms with van der Waals surface area (Å²) in [5.74, 6) is -1.67. The van der Waals surface area contributed by atoms with E-state index in [4.69, 9.17) is 9.05 Å². The van der Waals surface area contributed by atoms with Gasteiger partial charge in [-0.2, -0.15) is 0 Å². The molecule has 0 saturated heterocycles. The van der Waals surface area contributed by atoms with Gasteiger partial charge in [0, 0.05) is 17.7 Å². The van der Waals surface area contributed by atoms with E-state index >= 15 is 0 Å². The Labute approximate surface area is 157 Å². The Morgan fingerprint density at radius 3 is 2.30 bits per heavy atom. The number of rotatable bonds is 9. The van der Waals surface area contributed by atoms with Crippen molar-refractivity contribution in [3.63, 3.8) is 0 Å². The molecule has 9 heteroatoms. The van der Waals surface area contributed by atoms with Crippen LogP contribution in [0.25, 0.3) is 0 Å². The van der Waals surface area contributed by atoms with Crippen molar-refractivity contribution >= 4 is 19.2 Å². The average Bonchev–Trinajstić information content (AvgIpc) is 2.67. The highest BCUT2D eigenvalue weighted by molar-refractivity contribution is 7.54. The van der Waals surface area contributed by atoms with Gasteiger partial charge in [-0.1, -0.05) is 36.4 Å². The van der Waals surface area contributed by atoms with Gasteiger partial charge in [0.05, 0.1) is 18.1 Å². The first kappa shape index (κ1) is 20.8. The first-order valence-electron chi connectivity index (χ1n) is 8.40. The maximum absolute atomic E-state index is 13.3. The van der Waals surface area contributed by atoms with Crippen molar-refractivity contribution in [1.82, 2.24) is 5.32 Å². The quantitative estimate of drug-likeness (QED) is 0.387. The predicted octanol–water partition coefficient (Wildman–Crippen LogP) is 4.29. The van der Waals surface area contributed by atoms with Crippen LogP contribution >= 0.6 is 7.60 Å². The van der Waals surface area contributed by atoms with E-state index in [0.29, 0.717) is 5.56 Å². The summed E-state index contributed by atoms with van der Waals surface area (Å²) in [6, 6.07) is 14.0. The minimum atomic E-state index is -3.72. The number of hydrogen-bond acceptors (Lipinski definition) is 6. The largest absolute Gasteiger partial charge is 0.357 e. The lowest BCUT2D eigenvalue weighted by molar-refractivity contribution is -0.384. The van der Waals surface area contributed by atoms with E-state index in [0.717, 1.165) is 6.07 Å². The van der Waals surface area contributed by atoms with Crippen molar-refractivity contribution in [2.24, 2.45) is 0 Å². The van der Waals surface area contributed by atoms with Gasteiger partial charge in [0.25, 0.3) is 11.6 Å². The van der Waals surface area contributed by atoms with Gasteiger partial charge in [-0.3, -0.25) is 19.5 Å². The summed E-state index contributed by atoms with van der Waals surface area (Å²) in [6.07, 6.45) is 0. The molecular weight excluding hydrogens is 371 g/mol. The summed E-state index contributed by atoms with van der Waals surface area (Å²) in [4.78, 5) is 23.0. The summed E-state index contributed by atoms with van der Waals surface area (Å²) in [5, 5.41) is 13.6. The van der Waals surface area contributed by atoms with Gasteiger partial charge >= 0.3 is 7.60 Å². The first-order valence-corrected chi connectivity index (χ1v) is 10.0. The summed E-state index contributed by atoms with van der Waals surface area (Å²) in [5.41, 5.74) is 0.405. The van der Waals surface area contributed by atoms with Gasteiger partial charge in [-0.15, -0.1) is 0 Å². The highest BCUT2D eigenvalue weighted by atomic mass is 31.2. The topological polar surface area (TPSA) is 108 Å². The molecule has 0 radical (unpaired) electrons. The lowest BCUT2D eigenvalue weighted by Gasteiger charge is -2.27. The molecule has 1 N–H and O–H groups in total. The fourth-order valence-electron chi connectivity index (χ4n) is 2.49. The zero-order valence-corrected chi connectivity index (χ0v) is 15.9. The third kappa shape index (κ3) is 5.23. The van der Waals surface area contributed by atoms with E-state index in [1.807, 2.05) is 0 Å². The number of nitro benzene ring substituents is 1. The molecule has 2 aromatic rings. The normalized spacial score (nSPS) is 12.4. The molecule has 0 aliphatic heterocycles. The minimum absolute atomic E-state index is 0.0738. The number of carbonyl (C=O) groups is 1. The minimum Gasteiger partial charge on any atom is -0.334 e. The second-order valence-electron chi connectivity index (χ2n) is 5.47. The van der Waals surface area contributed by atoms with Crippen LogP contribution in [0.3, 0.4) is 0 Å². The SMILES string of the molecule is CCOP(=O)(OCC)C(NC(=O)c1cccc([N+](=O)[O-])c1)c1ccccc1. The van der Waals surface area contributed by atoms with Crippen LogP contribution in [0.15, 0.2) is 54.6 Å². The van der Waals surface area contributed by atoms with Crippen LogP contribution in [0.5, 0.6) is 0 Å². The van der Waals surface area contributed by atoms with Gasteiger partial charge in [0.2, 0.25) is 0 Å². The number of non-ortho nitro benzene ring substituents is 1. The monoisotopic (exact) mass is 392 g/mol. The van der Waals surface area contributed by atoms with Crippen molar-refractivity contribution in [1.29, 1.82) is 0 Å². The Kier molecular flexibility index (Phi) is 7.24. The van der Waals surface area contributed by atoms with Crippen LogP contribution in [0.4, 0.5) is 5.69 Å². The zero-order valence-electron chi connectivity index (χ0n) is 15.0. The Morgan fingerprint density at radius 2 is 1.74 bits per heavy atom. The molecule has 0 fully saturated rings. The molecule has 0 aliphatic carbocycles. The van der Waals surface area contributed by atoms with Crippen molar-refractivity contribution in [3.8, 4) is 0 Å². The van der Waals surface area contributed by atoms with E-state index < -0.39 is 24.2 Å². The molecule has 0 saturated carbocycles. The molecule has 1 unspecified atom stereocenters. The molecule has 2 aromatic carbocycles. The van der Waals surface area contributed by atoms with Crippen molar-refractivity contribution in [2.75, 3.05) is 13.2 Å². The molecule has 0 bridgehead atoms. The second kappa shape index (κ2) is 9.41. The predicted molar refractivity (Wildman–Crippen MR) is 101 cm³/mol. The van der Waals surface area contributed by atoms with Crippen LogP contribution in [0.2, 0.25) is 0 Å². The van der Waals surface area contributed by atoms with Crippen LogP contribution < -0.4 is 5.32 Å². The smallest absolute Gasteiger partial charge is 0.334 e. The molecule has 1 atom stereocenters. The Balaban J connectivity index is 2.40. The molecule has 27 heavy (non-hydrogen) atoms. The molecule has 144 valence electrons. The lowest BCUT2D eigenvalue weighted by Crippen LogP contribution is -2.29. The van der Waals surface area contributed by atoms with Crippen LogP contribution in [0, 0.1) is 10.1 Å². The van der Waals surface area contributed by atoms with Crippen molar-refractivity contribution in [2.45, 2.75) is 19.6 Å². The molecule has 8 nitrogen and oxygen atoms in total. The molecular formula is C18H21N2O6P. The van der Waals surface area contributed by atoms with E-state index in [9.17, 15) is 19.5 Å². The number of hydrogen-bond donors (Lipinski definition) is 1. The Hall–Kier alpha value is -2.54. The van der Waals surface area contributed by atoms with E-state index in [1.54, 1.807) is 44.2 Å². The lowest BCUT2D eigenvalue weighted by atomic mass is 10.1. The van der Waals surface area contributed by atoms with Crippen LogP contribution in [-0.4, -0.2) is 24.0 Å². The number of benzene rings is 2. The summed E-state index contributed by atoms with van der Waals surface area (Å²) < 4.78 is 24.1. The van der Waals surface area contributed by atoms with Crippen molar-refractivity contribution < 1.29 is 23.3 Å². The molecule has 2 rings (SSSR count). The molecule has 0 aromatic heterocycles. The highest BCUT2D eigenvalue weighted by Gasteiger charge is 2.38. The third-order valence-corrected chi connectivity index (χ3v) is 5.93. The number of nitrogens with zero attached hydrogens (tertiary/aromatic N) is 1. The third-order valence-electron chi connectivity index (χ3n) is 3.64. The van der Waals surface area contributed by atoms with E-state index in [-0.39, 0.29) is 24.5 Å². The van der Waals surface area contributed by atoms with Crippen LogP contribution in [0.1, 0.15) is 35.6 Å². The average molecular weight is 392 g/mol. The fraction of sp³-hybridized carbons (Fsp3) is 0.278. The number of carbonyl (C=O) groups excluding carboxylic acids is 1. The molecule has 0 spiro atoms. The standard InChI is InChI=1S/C18H21N2O6P/c1-3-25-27(24,26-4-2)18(14-9-6-5-7-10-14)19-17(21)15-11-8-12-16(13-15)20(22)23/h5-13,18H,3-4H2,1-2H3,(H,19,21).